The zero-order valence-corrected chi connectivity index (χ0v) is 31.2. The smallest absolute Gasteiger partial charge is 0.362 e. The number of likely N-dealkylation sites (N-methyl/N-ethyl adjacent to an activating group) is 1. The van der Waals surface area contributed by atoms with E-state index in [2.05, 4.69) is 19.9 Å². The lowest BCUT2D eigenvalue weighted by Crippen LogP contribution is -2.50. The minimum Gasteiger partial charge on any atom is -0.477 e. The molecule has 2 unspecified atom stereocenters. The lowest BCUT2D eigenvalue weighted by Gasteiger charge is -2.31. The van der Waals surface area contributed by atoms with E-state index in [9.17, 15) is 19.5 Å². The van der Waals surface area contributed by atoms with Crippen LogP contribution in [0.3, 0.4) is 0 Å². The van der Waals surface area contributed by atoms with Gasteiger partial charge in [0.2, 0.25) is 0 Å². The molecule has 276 valence electrons. The summed E-state index contributed by atoms with van der Waals surface area (Å²) in [5, 5.41) is 9.56. The number of rotatable bonds is 34. The molecule has 8 heteroatoms. The van der Waals surface area contributed by atoms with E-state index in [4.69, 9.17) is 14.2 Å². The molecular weight excluding hydrogens is 594 g/mol. The zero-order chi connectivity index (χ0) is 35.0. The van der Waals surface area contributed by atoms with Crippen LogP contribution < -0.4 is 0 Å². The first-order chi connectivity index (χ1) is 22.6. The standard InChI is InChI=1S/C39H73NO7/c1-6-8-10-12-14-15-16-17-18-19-20-21-22-24-26-28-30-38(42)47-35(33-45-32-31-36(39(43)44)40(3,4)5)34-46-37(41)29-27-25-23-13-11-9-7-2/h23,25,35-36H,6-22,24,26-34H2,1-5H3/p+1/b25-23+. The van der Waals surface area contributed by atoms with Gasteiger partial charge in [-0.05, 0) is 25.7 Å². The first-order valence-electron chi connectivity index (χ1n) is 19.2. The minimum atomic E-state index is -0.878. The Labute approximate surface area is 289 Å². The fourth-order valence-electron chi connectivity index (χ4n) is 5.64. The lowest BCUT2D eigenvalue weighted by atomic mass is 10.0. The number of unbranched alkanes of at least 4 members (excludes halogenated alkanes) is 18. The van der Waals surface area contributed by atoms with Crippen LogP contribution in [-0.4, -0.2) is 80.6 Å². The fraction of sp³-hybridized carbons (Fsp3) is 0.872. The molecule has 0 fully saturated rings. The molecule has 0 saturated heterocycles. The number of quaternary nitrogens is 1. The van der Waals surface area contributed by atoms with Crippen molar-refractivity contribution in [1.82, 2.24) is 0 Å². The van der Waals surface area contributed by atoms with Crippen LogP contribution in [-0.2, 0) is 28.6 Å². The van der Waals surface area contributed by atoms with Crippen molar-refractivity contribution in [3.63, 3.8) is 0 Å². The van der Waals surface area contributed by atoms with Crippen LogP contribution in [0.25, 0.3) is 0 Å². The Morgan fingerprint density at radius 1 is 0.617 bits per heavy atom. The van der Waals surface area contributed by atoms with Crippen LogP contribution in [0.4, 0.5) is 0 Å². The Balaban J connectivity index is 4.33. The highest BCUT2D eigenvalue weighted by Gasteiger charge is 2.31. The first kappa shape index (κ1) is 45.1. The second kappa shape index (κ2) is 31.3. The number of carbonyl (C=O) groups is 3. The second-order valence-corrected chi connectivity index (χ2v) is 14.2. The molecule has 1 N–H and O–H groups in total. The van der Waals surface area contributed by atoms with Crippen molar-refractivity contribution < 1.29 is 38.2 Å². The van der Waals surface area contributed by atoms with E-state index < -0.39 is 18.1 Å². The quantitative estimate of drug-likeness (QED) is 0.0315. The van der Waals surface area contributed by atoms with Crippen LogP contribution in [0.1, 0.15) is 168 Å². The largest absolute Gasteiger partial charge is 0.477 e. The predicted molar refractivity (Wildman–Crippen MR) is 192 cm³/mol. The number of allylic oxidation sites excluding steroid dienone is 2. The van der Waals surface area contributed by atoms with E-state index in [0.717, 1.165) is 32.1 Å². The summed E-state index contributed by atoms with van der Waals surface area (Å²) in [6.45, 7) is 4.63. The second-order valence-electron chi connectivity index (χ2n) is 14.2. The lowest BCUT2D eigenvalue weighted by molar-refractivity contribution is -0.887. The van der Waals surface area contributed by atoms with E-state index in [1.165, 1.54) is 96.3 Å². The molecule has 0 heterocycles. The first-order valence-corrected chi connectivity index (χ1v) is 19.2. The van der Waals surface area contributed by atoms with Gasteiger partial charge in [-0.3, -0.25) is 9.59 Å². The number of nitrogens with zero attached hydrogens (tertiary/aromatic N) is 1. The summed E-state index contributed by atoms with van der Waals surface area (Å²) in [6, 6.07) is -0.612. The molecule has 0 aromatic rings. The van der Waals surface area contributed by atoms with Crippen LogP contribution in [0, 0.1) is 0 Å². The molecule has 0 aliphatic carbocycles. The molecule has 0 radical (unpaired) electrons. The van der Waals surface area contributed by atoms with Gasteiger partial charge in [-0.15, -0.1) is 0 Å². The molecule has 0 rings (SSSR count). The van der Waals surface area contributed by atoms with Crippen molar-refractivity contribution in [2.45, 2.75) is 180 Å². The van der Waals surface area contributed by atoms with Crippen molar-refractivity contribution in [2.75, 3.05) is 41.0 Å². The molecule has 47 heavy (non-hydrogen) atoms. The Bertz CT molecular complexity index is 793. The highest BCUT2D eigenvalue weighted by molar-refractivity contribution is 5.72. The number of carbonyl (C=O) groups excluding carboxylic acids is 2. The van der Waals surface area contributed by atoms with Crippen molar-refractivity contribution in [3.8, 4) is 0 Å². The molecule has 0 amide bonds. The van der Waals surface area contributed by atoms with Gasteiger partial charge < -0.3 is 23.8 Å². The van der Waals surface area contributed by atoms with Crippen LogP contribution in [0.5, 0.6) is 0 Å². The Morgan fingerprint density at radius 2 is 1.11 bits per heavy atom. The molecule has 0 aromatic heterocycles. The minimum absolute atomic E-state index is 0.0544. The van der Waals surface area contributed by atoms with Crippen LogP contribution in [0.15, 0.2) is 12.2 Å². The normalized spacial score (nSPS) is 13.1. The van der Waals surface area contributed by atoms with Gasteiger partial charge in [0, 0.05) is 19.3 Å². The van der Waals surface area contributed by atoms with E-state index in [1.807, 2.05) is 27.2 Å². The molecule has 0 aromatic carbocycles. The van der Waals surface area contributed by atoms with Crippen molar-refractivity contribution >= 4 is 17.9 Å². The third-order valence-electron chi connectivity index (χ3n) is 8.68. The highest BCUT2D eigenvalue weighted by atomic mass is 16.6. The summed E-state index contributed by atoms with van der Waals surface area (Å²) in [7, 11) is 5.51. The molecule has 2 atom stereocenters. The molecular formula is C39H74NO7+. The monoisotopic (exact) mass is 669 g/mol. The Hall–Kier alpha value is -1.93. The third-order valence-corrected chi connectivity index (χ3v) is 8.68. The number of carboxylic acid groups (broad SMARTS) is 1. The number of ether oxygens (including phenoxy) is 3. The molecule has 0 bridgehead atoms. The summed E-state index contributed by atoms with van der Waals surface area (Å²) in [4.78, 5) is 36.6. The summed E-state index contributed by atoms with van der Waals surface area (Å²) in [6.07, 6.45) is 29.9. The van der Waals surface area contributed by atoms with E-state index in [1.54, 1.807) is 0 Å². The molecule has 0 aliphatic heterocycles. The summed E-state index contributed by atoms with van der Waals surface area (Å²) in [5.74, 6) is -1.53. The van der Waals surface area contributed by atoms with Crippen molar-refractivity contribution in [2.24, 2.45) is 0 Å². The predicted octanol–water partition coefficient (Wildman–Crippen LogP) is 9.58. The number of hydrogen-bond donors (Lipinski definition) is 1. The summed E-state index contributed by atoms with van der Waals surface area (Å²) < 4.78 is 17.1. The SMILES string of the molecule is CCCCC/C=C/CCC(=O)OCC(COCCC(C(=O)O)[N+](C)(C)C)OC(=O)CCCCCCCCCCCCCCCCCC. The number of carboxylic acids is 1. The Kier molecular flexibility index (Phi) is 30.1. The van der Waals surface area contributed by atoms with Crippen molar-refractivity contribution in [3.05, 3.63) is 12.2 Å². The molecule has 8 nitrogen and oxygen atoms in total. The zero-order valence-electron chi connectivity index (χ0n) is 31.2. The maximum atomic E-state index is 12.6. The number of esters is 2. The van der Waals surface area contributed by atoms with Gasteiger partial charge in [0.05, 0.1) is 34.4 Å². The van der Waals surface area contributed by atoms with Crippen molar-refractivity contribution in [1.29, 1.82) is 0 Å². The maximum absolute atomic E-state index is 12.6. The molecule has 0 saturated carbocycles. The maximum Gasteiger partial charge on any atom is 0.362 e. The highest BCUT2D eigenvalue weighted by Crippen LogP contribution is 2.15. The Morgan fingerprint density at radius 3 is 1.62 bits per heavy atom. The van der Waals surface area contributed by atoms with Gasteiger partial charge in [0.1, 0.15) is 6.61 Å². The van der Waals surface area contributed by atoms with Gasteiger partial charge in [-0.2, -0.15) is 0 Å². The van der Waals surface area contributed by atoms with Crippen LogP contribution >= 0.6 is 0 Å². The number of hydrogen-bond acceptors (Lipinski definition) is 6. The van der Waals surface area contributed by atoms with E-state index in [-0.39, 0.29) is 42.7 Å². The third kappa shape index (κ3) is 29.9. The van der Waals surface area contributed by atoms with Gasteiger partial charge in [-0.25, -0.2) is 4.79 Å². The fourth-order valence-corrected chi connectivity index (χ4v) is 5.64. The van der Waals surface area contributed by atoms with Gasteiger partial charge in [0.25, 0.3) is 0 Å². The average molecular weight is 669 g/mol. The van der Waals surface area contributed by atoms with Gasteiger partial charge >= 0.3 is 17.9 Å². The summed E-state index contributed by atoms with van der Waals surface area (Å²) in [5.41, 5.74) is 0. The topological polar surface area (TPSA) is 99.1 Å². The molecule has 0 spiro atoms. The van der Waals surface area contributed by atoms with E-state index >= 15 is 0 Å². The van der Waals surface area contributed by atoms with E-state index in [0.29, 0.717) is 19.3 Å². The van der Waals surface area contributed by atoms with Crippen LogP contribution in [0.2, 0.25) is 0 Å². The number of aliphatic carboxylic acids is 1. The van der Waals surface area contributed by atoms with Gasteiger partial charge in [-0.1, -0.05) is 135 Å². The molecule has 0 aliphatic rings. The average Bonchev–Trinajstić information content (AvgIpc) is 3.01. The summed E-state index contributed by atoms with van der Waals surface area (Å²) >= 11 is 0. The van der Waals surface area contributed by atoms with Gasteiger partial charge in [0.15, 0.2) is 12.1 Å².